The molecule has 0 aliphatic rings. The van der Waals surface area contributed by atoms with Crippen LogP contribution in [0.1, 0.15) is 24.8 Å². The Hall–Kier alpha value is -1.51. The van der Waals surface area contributed by atoms with Crippen LogP contribution in [0.25, 0.3) is 0 Å². The smallest absolute Gasteiger partial charge is 0.306 e. The van der Waals surface area contributed by atoms with Crippen LogP contribution in [0.15, 0.2) is 24.3 Å². The van der Waals surface area contributed by atoms with Gasteiger partial charge in [-0.25, -0.2) is 0 Å². The van der Waals surface area contributed by atoms with E-state index in [1.54, 1.807) is 18.2 Å². The number of methoxy groups -OCH3 is 1. The van der Waals surface area contributed by atoms with Crippen molar-refractivity contribution in [3.05, 3.63) is 29.8 Å². The summed E-state index contributed by atoms with van der Waals surface area (Å²) in [5.41, 5.74) is 0.940. The summed E-state index contributed by atoms with van der Waals surface area (Å²) in [6, 6.07) is 6.91. The van der Waals surface area contributed by atoms with E-state index in [1.165, 1.54) is 7.11 Å². The summed E-state index contributed by atoms with van der Waals surface area (Å²) < 4.78 is 4.57. The highest BCUT2D eigenvalue weighted by Gasteiger charge is 2.11. The predicted octanol–water partition coefficient (Wildman–Crippen LogP) is 2.06. The number of benzene rings is 1. The first-order valence-corrected chi connectivity index (χ1v) is 4.49. The van der Waals surface area contributed by atoms with Crippen molar-refractivity contribution in [1.29, 1.82) is 0 Å². The molecule has 1 rings (SSSR count). The van der Waals surface area contributed by atoms with E-state index in [4.69, 9.17) is 0 Å². The summed E-state index contributed by atoms with van der Waals surface area (Å²) in [7, 11) is 1.37. The lowest BCUT2D eigenvalue weighted by atomic mass is 9.98. The number of hydrogen-bond acceptors (Lipinski definition) is 3. The van der Waals surface area contributed by atoms with Crippen LogP contribution >= 0.6 is 0 Å². The average Bonchev–Trinajstić information content (AvgIpc) is 2.17. The fraction of sp³-hybridized carbons (Fsp3) is 0.364. The van der Waals surface area contributed by atoms with Crippen molar-refractivity contribution in [3.63, 3.8) is 0 Å². The molecule has 0 saturated carbocycles. The maximum absolute atomic E-state index is 11.0. The minimum absolute atomic E-state index is 0.0644. The highest BCUT2D eigenvalue weighted by Crippen LogP contribution is 2.22. The number of rotatable bonds is 3. The quantitative estimate of drug-likeness (QED) is 0.749. The fourth-order valence-electron chi connectivity index (χ4n) is 1.28. The largest absolute Gasteiger partial charge is 0.508 e. The van der Waals surface area contributed by atoms with Crippen LogP contribution < -0.4 is 0 Å². The van der Waals surface area contributed by atoms with Gasteiger partial charge >= 0.3 is 5.97 Å². The summed E-state index contributed by atoms with van der Waals surface area (Å²) in [5, 5.41) is 9.24. The van der Waals surface area contributed by atoms with E-state index in [0.717, 1.165) is 5.56 Å². The van der Waals surface area contributed by atoms with E-state index < -0.39 is 0 Å². The molecule has 0 heterocycles. The molecule has 0 bridgehead atoms. The maximum atomic E-state index is 11.0. The van der Waals surface area contributed by atoms with E-state index in [0.29, 0.717) is 6.42 Å². The zero-order valence-corrected chi connectivity index (χ0v) is 8.36. The third-order valence-corrected chi connectivity index (χ3v) is 2.14. The van der Waals surface area contributed by atoms with Gasteiger partial charge in [0.25, 0.3) is 0 Å². The normalized spacial score (nSPS) is 12.1. The average molecular weight is 194 g/mol. The topological polar surface area (TPSA) is 46.5 Å². The molecular weight excluding hydrogens is 180 g/mol. The molecule has 0 amide bonds. The van der Waals surface area contributed by atoms with E-state index >= 15 is 0 Å². The number of carbonyl (C=O) groups is 1. The Morgan fingerprint density at radius 1 is 1.57 bits per heavy atom. The third-order valence-electron chi connectivity index (χ3n) is 2.14. The molecule has 0 aliphatic carbocycles. The first kappa shape index (κ1) is 10.6. The first-order valence-electron chi connectivity index (χ1n) is 4.49. The van der Waals surface area contributed by atoms with Crippen molar-refractivity contribution in [2.45, 2.75) is 19.3 Å². The van der Waals surface area contributed by atoms with Gasteiger partial charge in [0.05, 0.1) is 13.5 Å². The summed E-state index contributed by atoms with van der Waals surface area (Å²) in [6.45, 7) is 1.92. The highest BCUT2D eigenvalue weighted by molar-refractivity contribution is 5.70. The zero-order chi connectivity index (χ0) is 10.6. The Kier molecular flexibility index (Phi) is 3.51. The van der Waals surface area contributed by atoms with Gasteiger partial charge < -0.3 is 9.84 Å². The Morgan fingerprint density at radius 3 is 2.86 bits per heavy atom. The van der Waals surface area contributed by atoms with Crippen molar-refractivity contribution < 1.29 is 14.6 Å². The molecule has 1 atom stereocenters. The standard InChI is InChI=1S/C11H14O3/c1-8(6-11(13)14-2)9-4-3-5-10(12)7-9/h3-5,7-8,12H,6H2,1-2H3/t8-/m0/s1. The lowest BCUT2D eigenvalue weighted by Crippen LogP contribution is -2.05. The van der Waals surface area contributed by atoms with Crippen LogP contribution in [-0.4, -0.2) is 18.2 Å². The fourth-order valence-corrected chi connectivity index (χ4v) is 1.28. The molecular formula is C11H14O3. The van der Waals surface area contributed by atoms with Crippen LogP contribution in [0.2, 0.25) is 0 Å². The monoisotopic (exact) mass is 194 g/mol. The number of aromatic hydroxyl groups is 1. The van der Waals surface area contributed by atoms with Gasteiger partial charge in [-0.2, -0.15) is 0 Å². The molecule has 0 spiro atoms. The second kappa shape index (κ2) is 4.65. The number of hydrogen-bond donors (Lipinski definition) is 1. The van der Waals surface area contributed by atoms with Gasteiger partial charge in [-0.1, -0.05) is 19.1 Å². The van der Waals surface area contributed by atoms with E-state index in [9.17, 15) is 9.90 Å². The lowest BCUT2D eigenvalue weighted by molar-refractivity contribution is -0.140. The van der Waals surface area contributed by atoms with Crippen molar-refractivity contribution in [2.75, 3.05) is 7.11 Å². The molecule has 0 aromatic heterocycles. The number of ether oxygens (including phenoxy) is 1. The van der Waals surface area contributed by atoms with Crippen LogP contribution in [0.3, 0.4) is 0 Å². The minimum Gasteiger partial charge on any atom is -0.508 e. The second-order valence-corrected chi connectivity index (χ2v) is 3.28. The Balaban J connectivity index is 2.69. The maximum Gasteiger partial charge on any atom is 0.306 e. The predicted molar refractivity (Wildman–Crippen MR) is 53.2 cm³/mol. The van der Waals surface area contributed by atoms with Gasteiger partial charge in [0.1, 0.15) is 5.75 Å². The molecule has 0 aliphatic heterocycles. The Morgan fingerprint density at radius 2 is 2.29 bits per heavy atom. The van der Waals surface area contributed by atoms with Crippen LogP contribution in [0.4, 0.5) is 0 Å². The molecule has 0 radical (unpaired) electrons. The van der Waals surface area contributed by atoms with Crippen LogP contribution in [0.5, 0.6) is 5.75 Å². The van der Waals surface area contributed by atoms with Crippen molar-refractivity contribution in [1.82, 2.24) is 0 Å². The summed E-state index contributed by atoms with van der Waals surface area (Å²) in [4.78, 5) is 11.0. The lowest BCUT2D eigenvalue weighted by Gasteiger charge is -2.10. The van der Waals surface area contributed by atoms with E-state index in [1.807, 2.05) is 13.0 Å². The highest BCUT2D eigenvalue weighted by atomic mass is 16.5. The van der Waals surface area contributed by atoms with Crippen LogP contribution in [0, 0.1) is 0 Å². The molecule has 0 fully saturated rings. The third kappa shape index (κ3) is 2.76. The number of esters is 1. The second-order valence-electron chi connectivity index (χ2n) is 3.28. The van der Waals surface area contributed by atoms with Crippen molar-refractivity contribution in [3.8, 4) is 5.75 Å². The zero-order valence-electron chi connectivity index (χ0n) is 8.36. The SMILES string of the molecule is COC(=O)C[C@H](C)c1cccc(O)c1. The molecule has 1 N–H and O–H groups in total. The molecule has 0 unspecified atom stereocenters. The molecule has 76 valence electrons. The molecule has 3 nitrogen and oxygen atoms in total. The van der Waals surface area contributed by atoms with Crippen LogP contribution in [-0.2, 0) is 9.53 Å². The Bertz CT molecular complexity index is 320. The van der Waals surface area contributed by atoms with Gasteiger partial charge in [0.15, 0.2) is 0 Å². The minimum atomic E-state index is -0.235. The van der Waals surface area contributed by atoms with Gasteiger partial charge in [0.2, 0.25) is 0 Å². The molecule has 1 aromatic carbocycles. The summed E-state index contributed by atoms with van der Waals surface area (Å²) in [6.07, 6.45) is 0.333. The van der Waals surface area contributed by atoms with Gasteiger partial charge in [0, 0.05) is 0 Å². The van der Waals surface area contributed by atoms with Crippen molar-refractivity contribution in [2.24, 2.45) is 0 Å². The molecule has 1 aromatic rings. The molecule has 0 saturated heterocycles. The van der Waals surface area contributed by atoms with Gasteiger partial charge in [-0.05, 0) is 23.6 Å². The number of phenolic OH excluding ortho intramolecular Hbond substituents is 1. The molecule has 3 heteroatoms. The number of carbonyl (C=O) groups excluding carboxylic acids is 1. The van der Waals surface area contributed by atoms with Crippen molar-refractivity contribution >= 4 is 5.97 Å². The summed E-state index contributed by atoms with van der Waals surface area (Å²) in [5.74, 6) is 0.0506. The van der Waals surface area contributed by atoms with Gasteiger partial charge in [-0.3, -0.25) is 4.79 Å². The Labute approximate surface area is 83.3 Å². The first-order chi connectivity index (χ1) is 6.63. The number of phenols is 1. The van der Waals surface area contributed by atoms with E-state index in [2.05, 4.69) is 4.74 Å². The van der Waals surface area contributed by atoms with Gasteiger partial charge in [-0.15, -0.1) is 0 Å². The molecule has 14 heavy (non-hydrogen) atoms. The van der Waals surface area contributed by atoms with E-state index in [-0.39, 0.29) is 17.6 Å². The summed E-state index contributed by atoms with van der Waals surface area (Å²) >= 11 is 0.